The molecule has 2 aliphatic rings. The first kappa shape index (κ1) is 14.9. The molecule has 2 fully saturated rings. The second kappa shape index (κ2) is 6.48. The van der Waals surface area contributed by atoms with Gasteiger partial charge in [-0.2, -0.15) is 0 Å². The van der Waals surface area contributed by atoms with Crippen LogP contribution in [0.4, 0.5) is 11.6 Å². The second-order valence-corrected chi connectivity index (χ2v) is 5.94. The third-order valence-corrected chi connectivity index (χ3v) is 4.52. The fraction of sp³-hybridized carbons (Fsp3) is 0.438. The smallest absolute Gasteiger partial charge is 0.254 e. The molecule has 3 atom stereocenters. The number of fused-ring (bicyclic) bond motifs is 1. The highest BCUT2D eigenvalue weighted by molar-refractivity contribution is 5.93. The molecule has 0 radical (unpaired) electrons. The van der Waals surface area contributed by atoms with Gasteiger partial charge in [0.1, 0.15) is 18.2 Å². The molecule has 8 heteroatoms. The van der Waals surface area contributed by atoms with Crippen LogP contribution in [0.1, 0.15) is 19.3 Å². The molecule has 4 heterocycles. The lowest BCUT2D eigenvalue weighted by molar-refractivity contribution is -0.136. The van der Waals surface area contributed by atoms with Gasteiger partial charge in [0.15, 0.2) is 5.82 Å². The average molecular weight is 326 g/mol. The van der Waals surface area contributed by atoms with Crippen molar-refractivity contribution in [2.45, 2.75) is 37.5 Å². The summed E-state index contributed by atoms with van der Waals surface area (Å²) in [6.07, 6.45) is 10.0. The first-order valence-electron chi connectivity index (χ1n) is 8.06. The minimum Gasteiger partial charge on any atom is -0.363 e. The molecule has 2 aromatic heterocycles. The summed E-state index contributed by atoms with van der Waals surface area (Å²) in [5, 5.41) is 2.76. The number of aromatic nitrogens is 4. The number of amides is 1. The topological polar surface area (TPSA) is 93.1 Å². The van der Waals surface area contributed by atoms with Crippen molar-refractivity contribution in [1.29, 1.82) is 0 Å². The summed E-state index contributed by atoms with van der Waals surface area (Å²) in [6, 6.07) is 2.18. The molecule has 2 saturated heterocycles. The van der Waals surface area contributed by atoms with Crippen molar-refractivity contribution in [1.82, 2.24) is 19.9 Å². The van der Waals surface area contributed by atoms with Crippen LogP contribution >= 0.6 is 0 Å². The lowest BCUT2D eigenvalue weighted by Gasteiger charge is -2.35. The molecular weight excluding hydrogens is 308 g/mol. The number of anilines is 2. The zero-order chi connectivity index (χ0) is 16.4. The van der Waals surface area contributed by atoms with E-state index < -0.39 is 6.10 Å². The van der Waals surface area contributed by atoms with Gasteiger partial charge in [-0.3, -0.25) is 9.78 Å². The molecule has 1 amide bonds. The van der Waals surface area contributed by atoms with E-state index in [1.807, 2.05) is 6.07 Å². The maximum Gasteiger partial charge on any atom is 0.254 e. The van der Waals surface area contributed by atoms with Crippen LogP contribution in [0.5, 0.6) is 0 Å². The minimum atomic E-state index is -0.446. The largest absolute Gasteiger partial charge is 0.363 e. The highest BCUT2D eigenvalue weighted by atomic mass is 16.5. The molecule has 0 spiro atoms. The van der Waals surface area contributed by atoms with Crippen molar-refractivity contribution in [2.75, 3.05) is 16.8 Å². The Bertz CT molecular complexity index is 698. The molecular formula is C16H18N6O2. The van der Waals surface area contributed by atoms with Crippen LogP contribution < -0.4 is 10.2 Å². The van der Waals surface area contributed by atoms with Gasteiger partial charge in [-0.1, -0.05) is 0 Å². The van der Waals surface area contributed by atoms with Crippen molar-refractivity contribution < 1.29 is 9.53 Å². The van der Waals surface area contributed by atoms with Gasteiger partial charge in [0.05, 0.1) is 18.3 Å². The minimum absolute atomic E-state index is 0.0475. The van der Waals surface area contributed by atoms with Crippen molar-refractivity contribution in [3.63, 3.8) is 0 Å². The number of carbonyl (C=O) groups is 1. The molecule has 1 N–H and O–H groups in total. The molecule has 0 bridgehead atoms. The van der Waals surface area contributed by atoms with Gasteiger partial charge in [-0.15, -0.1) is 0 Å². The van der Waals surface area contributed by atoms with E-state index in [4.69, 9.17) is 4.74 Å². The first-order chi connectivity index (χ1) is 11.8. The van der Waals surface area contributed by atoms with Gasteiger partial charge in [0, 0.05) is 25.1 Å². The van der Waals surface area contributed by atoms with E-state index in [9.17, 15) is 4.79 Å². The van der Waals surface area contributed by atoms with E-state index in [-0.39, 0.29) is 18.1 Å². The monoisotopic (exact) mass is 326 g/mol. The molecule has 0 aliphatic carbocycles. The van der Waals surface area contributed by atoms with Gasteiger partial charge in [0.25, 0.3) is 5.91 Å². The number of carbonyl (C=O) groups excluding carboxylic acids is 1. The van der Waals surface area contributed by atoms with Crippen LogP contribution in [0.25, 0.3) is 0 Å². The highest BCUT2D eigenvalue weighted by Gasteiger charge is 2.42. The van der Waals surface area contributed by atoms with Crippen molar-refractivity contribution in [3.8, 4) is 0 Å². The van der Waals surface area contributed by atoms with E-state index >= 15 is 0 Å². The molecule has 124 valence electrons. The summed E-state index contributed by atoms with van der Waals surface area (Å²) in [5.41, 5.74) is 0. The Balaban J connectivity index is 1.40. The summed E-state index contributed by atoms with van der Waals surface area (Å²) in [4.78, 5) is 30.9. The number of nitrogens with one attached hydrogen (secondary N) is 1. The lowest BCUT2D eigenvalue weighted by atomic mass is 9.98. The van der Waals surface area contributed by atoms with Gasteiger partial charge < -0.3 is 15.0 Å². The normalized spacial score (nSPS) is 26.0. The third kappa shape index (κ3) is 2.92. The van der Waals surface area contributed by atoms with Gasteiger partial charge in [-0.05, 0) is 25.3 Å². The quantitative estimate of drug-likeness (QED) is 0.900. The summed E-state index contributed by atoms with van der Waals surface area (Å²) >= 11 is 0. The predicted molar refractivity (Wildman–Crippen MR) is 86.3 cm³/mol. The number of hydrogen-bond donors (Lipinski definition) is 1. The van der Waals surface area contributed by atoms with Crippen LogP contribution in [-0.2, 0) is 9.53 Å². The lowest BCUT2D eigenvalue weighted by Crippen LogP contribution is -2.46. The molecule has 4 rings (SSSR count). The van der Waals surface area contributed by atoms with Crippen molar-refractivity contribution in [3.05, 3.63) is 37.2 Å². The SMILES string of the molecule is O=C(Nc1cnccn1)[C@H]1CC[C@@H]2[C@@H](CCN2c2ccncn2)O1. The summed E-state index contributed by atoms with van der Waals surface area (Å²) in [6.45, 7) is 0.880. The van der Waals surface area contributed by atoms with Crippen molar-refractivity contribution >= 4 is 17.5 Å². The second-order valence-electron chi connectivity index (χ2n) is 5.94. The van der Waals surface area contributed by atoms with Crippen LogP contribution in [-0.4, -0.2) is 50.6 Å². The van der Waals surface area contributed by atoms with Crippen LogP contribution in [0.3, 0.4) is 0 Å². The molecule has 2 aliphatic heterocycles. The van der Waals surface area contributed by atoms with Crippen LogP contribution in [0.2, 0.25) is 0 Å². The molecule has 0 saturated carbocycles. The standard InChI is InChI=1S/C16H18N6O2/c23-16(21-14-9-17-6-7-19-14)13-2-1-11-12(24-13)4-8-22(11)15-3-5-18-10-20-15/h3,5-7,9-13H,1-2,4,8H2,(H,19,21,23)/t11-,12-,13-/m1/s1. The first-order valence-corrected chi connectivity index (χ1v) is 8.06. The Hall–Kier alpha value is -2.61. The van der Waals surface area contributed by atoms with Crippen molar-refractivity contribution in [2.24, 2.45) is 0 Å². The highest BCUT2D eigenvalue weighted by Crippen LogP contribution is 2.34. The third-order valence-electron chi connectivity index (χ3n) is 4.52. The zero-order valence-electron chi connectivity index (χ0n) is 13.1. The average Bonchev–Trinajstić information content (AvgIpc) is 3.06. The molecule has 0 unspecified atom stereocenters. The van der Waals surface area contributed by atoms with E-state index in [1.165, 1.54) is 6.20 Å². The van der Waals surface area contributed by atoms with Crippen LogP contribution in [0, 0.1) is 0 Å². The number of rotatable bonds is 3. The zero-order valence-corrected chi connectivity index (χ0v) is 13.1. The van der Waals surface area contributed by atoms with E-state index in [2.05, 4.69) is 30.2 Å². The molecule has 24 heavy (non-hydrogen) atoms. The molecule has 2 aromatic rings. The Morgan fingerprint density at radius 3 is 2.92 bits per heavy atom. The van der Waals surface area contributed by atoms with Gasteiger partial charge in [-0.25, -0.2) is 15.0 Å². The van der Waals surface area contributed by atoms with E-state index in [1.54, 1.807) is 24.9 Å². The maximum atomic E-state index is 12.4. The molecule has 0 aromatic carbocycles. The number of nitrogens with zero attached hydrogens (tertiary/aromatic N) is 5. The predicted octanol–water partition coefficient (Wildman–Crippen LogP) is 1.03. The Morgan fingerprint density at radius 1 is 1.17 bits per heavy atom. The number of ether oxygens (including phenoxy) is 1. The maximum absolute atomic E-state index is 12.4. The molecule has 8 nitrogen and oxygen atoms in total. The van der Waals surface area contributed by atoms with E-state index in [0.29, 0.717) is 12.2 Å². The number of hydrogen-bond acceptors (Lipinski definition) is 7. The summed E-state index contributed by atoms with van der Waals surface area (Å²) < 4.78 is 6.05. The van der Waals surface area contributed by atoms with Gasteiger partial charge >= 0.3 is 0 Å². The Kier molecular flexibility index (Phi) is 4.04. The Morgan fingerprint density at radius 2 is 2.12 bits per heavy atom. The summed E-state index contributed by atoms with van der Waals surface area (Å²) in [5.74, 6) is 1.21. The van der Waals surface area contributed by atoms with Gasteiger partial charge in [0.2, 0.25) is 0 Å². The van der Waals surface area contributed by atoms with Crippen LogP contribution in [0.15, 0.2) is 37.2 Å². The Labute approximate surface area is 139 Å². The van der Waals surface area contributed by atoms with E-state index in [0.717, 1.165) is 25.2 Å². The fourth-order valence-corrected chi connectivity index (χ4v) is 3.43. The summed E-state index contributed by atoms with van der Waals surface area (Å²) in [7, 11) is 0. The fourth-order valence-electron chi connectivity index (χ4n) is 3.43.